The van der Waals surface area contributed by atoms with Gasteiger partial charge in [0.1, 0.15) is 5.82 Å². The summed E-state index contributed by atoms with van der Waals surface area (Å²) in [5.41, 5.74) is 6.05. The standard InChI is InChI=1S/C13H19ClN4O/c1-8-6-18(7-11(8)17(2)3)13(19)9-4-12(15)16-5-10(9)14/h4-5,8,11H,6-7H2,1-3H3,(H2,15,16). The number of nitrogens with zero attached hydrogens (tertiary/aromatic N) is 3. The van der Waals surface area contributed by atoms with Crippen LogP contribution in [0.15, 0.2) is 12.3 Å². The van der Waals surface area contributed by atoms with Crippen molar-refractivity contribution in [1.82, 2.24) is 14.8 Å². The number of likely N-dealkylation sites (N-methyl/N-ethyl adjacent to an activating group) is 1. The fourth-order valence-corrected chi connectivity index (χ4v) is 2.76. The lowest BCUT2D eigenvalue weighted by Gasteiger charge is -2.22. The van der Waals surface area contributed by atoms with E-state index in [1.54, 1.807) is 6.07 Å². The molecule has 2 rings (SSSR count). The molecule has 0 aromatic carbocycles. The van der Waals surface area contributed by atoms with E-state index in [0.29, 0.717) is 34.9 Å². The zero-order valence-corrected chi connectivity index (χ0v) is 12.2. The topological polar surface area (TPSA) is 62.5 Å². The summed E-state index contributed by atoms with van der Waals surface area (Å²) >= 11 is 6.03. The first-order valence-corrected chi connectivity index (χ1v) is 6.64. The number of nitrogens with two attached hydrogens (primary N) is 1. The van der Waals surface area contributed by atoms with Gasteiger partial charge in [-0.3, -0.25) is 4.79 Å². The predicted octanol–water partition coefficient (Wildman–Crippen LogP) is 1.34. The third-order valence-electron chi connectivity index (χ3n) is 3.63. The molecule has 1 aromatic rings. The highest BCUT2D eigenvalue weighted by atomic mass is 35.5. The lowest BCUT2D eigenvalue weighted by Crippen LogP contribution is -2.35. The van der Waals surface area contributed by atoms with Gasteiger partial charge in [0.2, 0.25) is 0 Å². The van der Waals surface area contributed by atoms with E-state index >= 15 is 0 Å². The van der Waals surface area contributed by atoms with Gasteiger partial charge in [0.15, 0.2) is 0 Å². The van der Waals surface area contributed by atoms with Crippen molar-refractivity contribution in [1.29, 1.82) is 0 Å². The monoisotopic (exact) mass is 282 g/mol. The quantitative estimate of drug-likeness (QED) is 0.889. The molecule has 2 atom stereocenters. The largest absolute Gasteiger partial charge is 0.384 e. The van der Waals surface area contributed by atoms with Crippen LogP contribution in [0.1, 0.15) is 17.3 Å². The van der Waals surface area contributed by atoms with Crippen molar-refractivity contribution < 1.29 is 4.79 Å². The molecule has 1 fully saturated rings. The number of anilines is 1. The Kier molecular flexibility index (Phi) is 3.96. The molecule has 2 N–H and O–H groups in total. The summed E-state index contributed by atoms with van der Waals surface area (Å²) in [6.07, 6.45) is 1.42. The Morgan fingerprint density at radius 1 is 1.53 bits per heavy atom. The molecule has 104 valence electrons. The second-order valence-corrected chi connectivity index (χ2v) is 5.71. The third-order valence-corrected chi connectivity index (χ3v) is 3.93. The second kappa shape index (κ2) is 5.35. The number of aromatic nitrogens is 1. The highest BCUT2D eigenvalue weighted by Gasteiger charge is 2.34. The zero-order chi connectivity index (χ0) is 14.2. The molecule has 0 radical (unpaired) electrons. The molecule has 0 bridgehead atoms. The molecule has 2 unspecified atom stereocenters. The molecule has 1 aliphatic rings. The highest BCUT2D eigenvalue weighted by molar-refractivity contribution is 6.33. The van der Waals surface area contributed by atoms with Crippen LogP contribution < -0.4 is 5.73 Å². The number of likely N-dealkylation sites (tertiary alicyclic amines) is 1. The van der Waals surface area contributed by atoms with E-state index < -0.39 is 0 Å². The van der Waals surface area contributed by atoms with Crippen LogP contribution >= 0.6 is 11.6 Å². The number of nitrogen functional groups attached to an aromatic ring is 1. The molecular formula is C13H19ClN4O. The van der Waals surface area contributed by atoms with Crippen molar-refractivity contribution in [2.75, 3.05) is 32.9 Å². The number of halogens is 1. The van der Waals surface area contributed by atoms with E-state index in [2.05, 4.69) is 16.8 Å². The van der Waals surface area contributed by atoms with Crippen LogP contribution in [0.5, 0.6) is 0 Å². The van der Waals surface area contributed by atoms with E-state index in [4.69, 9.17) is 17.3 Å². The summed E-state index contributed by atoms with van der Waals surface area (Å²) in [5.74, 6) is 0.677. The van der Waals surface area contributed by atoms with Crippen LogP contribution in [-0.2, 0) is 0 Å². The van der Waals surface area contributed by atoms with Crippen LogP contribution in [0, 0.1) is 5.92 Å². The molecule has 1 saturated heterocycles. The Morgan fingerprint density at radius 3 is 2.79 bits per heavy atom. The summed E-state index contributed by atoms with van der Waals surface area (Å²) < 4.78 is 0. The number of pyridine rings is 1. The first kappa shape index (κ1) is 14.1. The van der Waals surface area contributed by atoms with Gasteiger partial charge in [0, 0.05) is 25.3 Å². The van der Waals surface area contributed by atoms with Crippen LogP contribution in [-0.4, -0.2) is 53.9 Å². The summed E-state index contributed by atoms with van der Waals surface area (Å²) in [6, 6.07) is 1.92. The lowest BCUT2D eigenvalue weighted by molar-refractivity contribution is 0.0781. The Labute approximate surface area is 118 Å². The van der Waals surface area contributed by atoms with Gasteiger partial charge < -0.3 is 15.5 Å². The van der Waals surface area contributed by atoms with Crippen molar-refractivity contribution in [2.24, 2.45) is 5.92 Å². The van der Waals surface area contributed by atoms with Gasteiger partial charge in [-0.2, -0.15) is 0 Å². The Balaban J connectivity index is 2.19. The maximum atomic E-state index is 12.5. The summed E-state index contributed by atoms with van der Waals surface area (Å²) in [4.78, 5) is 20.3. The maximum Gasteiger partial charge on any atom is 0.255 e. The SMILES string of the molecule is CC1CN(C(=O)c2cc(N)ncc2Cl)CC1N(C)C. The van der Waals surface area contributed by atoms with Gasteiger partial charge in [-0.05, 0) is 26.1 Å². The molecular weight excluding hydrogens is 264 g/mol. The third kappa shape index (κ3) is 2.82. The Hall–Kier alpha value is -1.33. The molecule has 5 nitrogen and oxygen atoms in total. The van der Waals surface area contributed by atoms with Crippen molar-refractivity contribution in [3.8, 4) is 0 Å². The average Bonchev–Trinajstić information content (AvgIpc) is 2.74. The van der Waals surface area contributed by atoms with Gasteiger partial charge >= 0.3 is 0 Å². The minimum atomic E-state index is -0.0738. The molecule has 0 aliphatic carbocycles. The normalized spacial score (nSPS) is 23.1. The van der Waals surface area contributed by atoms with Gasteiger partial charge in [0.25, 0.3) is 5.91 Å². The van der Waals surface area contributed by atoms with E-state index in [9.17, 15) is 4.79 Å². The average molecular weight is 283 g/mol. The smallest absolute Gasteiger partial charge is 0.255 e. The number of carbonyl (C=O) groups is 1. The van der Waals surface area contributed by atoms with Crippen molar-refractivity contribution in [3.05, 3.63) is 22.8 Å². The van der Waals surface area contributed by atoms with Gasteiger partial charge in [-0.15, -0.1) is 0 Å². The predicted molar refractivity (Wildman–Crippen MR) is 76.2 cm³/mol. The molecule has 2 heterocycles. The minimum absolute atomic E-state index is 0.0738. The maximum absolute atomic E-state index is 12.5. The summed E-state index contributed by atoms with van der Waals surface area (Å²) in [5, 5.41) is 0.347. The van der Waals surface area contributed by atoms with Crippen LogP contribution in [0.3, 0.4) is 0 Å². The van der Waals surface area contributed by atoms with E-state index in [-0.39, 0.29) is 5.91 Å². The first-order valence-electron chi connectivity index (χ1n) is 6.27. The Bertz CT molecular complexity index is 492. The fourth-order valence-electron chi connectivity index (χ4n) is 2.58. The van der Waals surface area contributed by atoms with Crippen LogP contribution in [0.4, 0.5) is 5.82 Å². The summed E-state index contributed by atoms with van der Waals surface area (Å²) in [7, 11) is 4.07. The van der Waals surface area contributed by atoms with Gasteiger partial charge in [-0.1, -0.05) is 18.5 Å². The molecule has 0 spiro atoms. The van der Waals surface area contributed by atoms with Gasteiger partial charge in [0.05, 0.1) is 10.6 Å². The van der Waals surface area contributed by atoms with E-state index in [0.717, 1.165) is 6.54 Å². The molecule has 0 saturated carbocycles. The van der Waals surface area contributed by atoms with Crippen LogP contribution in [0.25, 0.3) is 0 Å². The molecule has 1 amide bonds. The molecule has 6 heteroatoms. The number of hydrogen-bond donors (Lipinski definition) is 1. The number of rotatable bonds is 2. The van der Waals surface area contributed by atoms with E-state index in [1.807, 2.05) is 19.0 Å². The Morgan fingerprint density at radius 2 is 2.21 bits per heavy atom. The van der Waals surface area contributed by atoms with Gasteiger partial charge in [-0.25, -0.2) is 4.98 Å². The highest BCUT2D eigenvalue weighted by Crippen LogP contribution is 2.25. The van der Waals surface area contributed by atoms with Crippen molar-refractivity contribution in [2.45, 2.75) is 13.0 Å². The first-order chi connectivity index (χ1) is 8.90. The number of amides is 1. The van der Waals surface area contributed by atoms with E-state index in [1.165, 1.54) is 6.20 Å². The summed E-state index contributed by atoms with van der Waals surface area (Å²) in [6.45, 7) is 3.60. The molecule has 1 aromatic heterocycles. The number of hydrogen-bond acceptors (Lipinski definition) is 4. The lowest BCUT2D eigenvalue weighted by atomic mass is 10.1. The second-order valence-electron chi connectivity index (χ2n) is 5.31. The van der Waals surface area contributed by atoms with Crippen LogP contribution in [0.2, 0.25) is 5.02 Å². The molecule has 1 aliphatic heterocycles. The van der Waals surface area contributed by atoms with Crippen molar-refractivity contribution in [3.63, 3.8) is 0 Å². The minimum Gasteiger partial charge on any atom is -0.384 e. The fraction of sp³-hybridized carbons (Fsp3) is 0.538. The molecule has 19 heavy (non-hydrogen) atoms. The van der Waals surface area contributed by atoms with Crippen molar-refractivity contribution >= 4 is 23.3 Å². The zero-order valence-electron chi connectivity index (χ0n) is 11.4. The number of carbonyl (C=O) groups excluding carboxylic acids is 1.